The first-order valence-corrected chi connectivity index (χ1v) is 3.40. The summed E-state index contributed by atoms with van der Waals surface area (Å²) < 4.78 is 0. The van der Waals surface area contributed by atoms with E-state index in [2.05, 4.69) is 0 Å². The monoisotopic (exact) mass is 141 g/mol. The Morgan fingerprint density at radius 3 is 1.80 bits per heavy atom. The Morgan fingerprint density at radius 2 is 1.70 bits per heavy atom. The third-order valence-electron chi connectivity index (χ3n) is 2.04. The molecule has 0 aliphatic carbocycles. The molecule has 0 saturated heterocycles. The lowest BCUT2D eigenvalue weighted by atomic mass is 9.76. The summed E-state index contributed by atoms with van der Waals surface area (Å²) in [5, 5.41) is 18.0. The van der Waals surface area contributed by atoms with Crippen molar-refractivity contribution in [2.24, 2.45) is 5.41 Å². The molecule has 0 heterocycles. The van der Waals surface area contributed by atoms with E-state index in [0.29, 0.717) is 0 Å². The average molecular weight is 141 g/mol. The van der Waals surface area contributed by atoms with Gasteiger partial charge in [0.15, 0.2) is 0 Å². The first kappa shape index (κ1) is 9.45. The van der Waals surface area contributed by atoms with Crippen LogP contribution in [0, 0.1) is 16.7 Å². The highest BCUT2D eigenvalue weighted by atomic mass is 16.3. The highest BCUT2D eigenvalue weighted by Gasteiger charge is 2.34. The molecule has 0 bridgehead atoms. The van der Waals surface area contributed by atoms with E-state index in [1.54, 1.807) is 6.92 Å². The van der Waals surface area contributed by atoms with Crippen LogP contribution in [0.5, 0.6) is 0 Å². The minimum Gasteiger partial charge on any atom is -0.389 e. The first-order valence-electron chi connectivity index (χ1n) is 3.40. The predicted molar refractivity (Wildman–Crippen MR) is 40.3 cm³/mol. The molecule has 0 aliphatic heterocycles. The Bertz CT molecular complexity index is 148. The fourth-order valence-corrected chi connectivity index (χ4v) is 0.419. The molecule has 0 radical (unpaired) electrons. The van der Waals surface area contributed by atoms with Crippen LogP contribution < -0.4 is 0 Å². The van der Waals surface area contributed by atoms with Crippen LogP contribution in [0.25, 0.3) is 0 Å². The third kappa shape index (κ3) is 2.00. The molecule has 2 nitrogen and oxygen atoms in total. The molecule has 1 N–H and O–H groups in total. The number of hydrogen-bond donors (Lipinski definition) is 1. The lowest BCUT2D eigenvalue weighted by Crippen LogP contribution is -2.39. The van der Waals surface area contributed by atoms with Gasteiger partial charge in [0.1, 0.15) is 0 Å². The maximum atomic E-state index is 9.63. The zero-order chi connectivity index (χ0) is 8.41. The zero-order valence-electron chi connectivity index (χ0n) is 7.10. The molecule has 0 aromatic heterocycles. The van der Waals surface area contributed by atoms with E-state index >= 15 is 0 Å². The standard InChI is InChI=1S/C8H15NO/c1-7(2,3)8(4,10)5-6-9/h10H,5H2,1-4H3/t8-/m0/s1. The molecule has 0 spiro atoms. The van der Waals surface area contributed by atoms with E-state index in [9.17, 15) is 5.11 Å². The van der Waals surface area contributed by atoms with Crippen LogP contribution in [0.4, 0.5) is 0 Å². The second kappa shape index (κ2) is 2.59. The van der Waals surface area contributed by atoms with Gasteiger partial charge in [0, 0.05) is 0 Å². The summed E-state index contributed by atoms with van der Waals surface area (Å²) >= 11 is 0. The minimum absolute atomic E-state index is 0.191. The largest absolute Gasteiger partial charge is 0.389 e. The molecule has 0 aromatic rings. The van der Waals surface area contributed by atoms with Crippen molar-refractivity contribution in [2.45, 2.75) is 39.7 Å². The Kier molecular flexibility index (Phi) is 2.45. The number of nitrogens with zero attached hydrogens (tertiary/aromatic N) is 1. The molecule has 0 amide bonds. The fraction of sp³-hybridized carbons (Fsp3) is 0.875. The summed E-state index contributed by atoms with van der Waals surface area (Å²) in [7, 11) is 0. The van der Waals surface area contributed by atoms with Crippen molar-refractivity contribution in [1.29, 1.82) is 5.26 Å². The Morgan fingerprint density at radius 1 is 1.30 bits per heavy atom. The Labute approximate surface area is 62.5 Å². The van der Waals surface area contributed by atoms with Crippen molar-refractivity contribution in [3.8, 4) is 6.07 Å². The van der Waals surface area contributed by atoms with Gasteiger partial charge in [-0.1, -0.05) is 20.8 Å². The lowest BCUT2D eigenvalue weighted by Gasteiger charge is -2.34. The van der Waals surface area contributed by atoms with E-state index in [1.807, 2.05) is 26.8 Å². The number of aliphatic hydroxyl groups is 1. The van der Waals surface area contributed by atoms with Gasteiger partial charge in [0.05, 0.1) is 18.1 Å². The number of hydrogen-bond acceptors (Lipinski definition) is 2. The quantitative estimate of drug-likeness (QED) is 0.604. The zero-order valence-corrected chi connectivity index (χ0v) is 7.10. The molecular weight excluding hydrogens is 126 g/mol. The summed E-state index contributed by atoms with van der Waals surface area (Å²) in [5.74, 6) is 0. The van der Waals surface area contributed by atoms with Crippen molar-refractivity contribution in [3.63, 3.8) is 0 Å². The van der Waals surface area contributed by atoms with Crippen molar-refractivity contribution >= 4 is 0 Å². The molecule has 58 valence electrons. The fourth-order valence-electron chi connectivity index (χ4n) is 0.419. The average Bonchev–Trinajstić information content (AvgIpc) is 1.61. The lowest BCUT2D eigenvalue weighted by molar-refractivity contribution is -0.0368. The topological polar surface area (TPSA) is 44.0 Å². The van der Waals surface area contributed by atoms with Crippen LogP contribution in [-0.2, 0) is 0 Å². The summed E-state index contributed by atoms with van der Waals surface area (Å²) in [6.07, 6.45) is 0.191. The van der Waals surface area contributed by atoms with Crippen LogP contribution in [0.3, 0.4) is 0 Å². The number of nitriles is 1. The second-order valence-electron chi connectivity index (χ2n) is 3.86. The van der Waals surface area contributed by atoms with Gasteiger partial charge in [-0.05, 0) is 12.3 Å². The Hall–Kier alpha value is -0.550. The molecular formula is C8H15NO. The van der Waals surface area contributed by atoms with Crippen molar-refractivity contribution in [2.75, 3.05) is 0 Å². The van der Waals surface area contributed by atoms with Gasteiger partial charge in [-0.3, -0.25) is 0 Å². The summed E-state index contributed by atoms with van der Waals surface area (Å²) in [6.45, 7) is 7.45. The molecule has 0 rings (SSSR count). The van der Waals surface area contributed by atoms with Gasteiger partial charge < -0.3 is 5.11 Å². The third-order valence-corrected chi connectivity index (χ3v) is 2.04. The van der Waals surface area contributed by atoms with Crippen LogP contribution in [0.1, 0.15) is 34.1 Å². The van der Waals surface area contributed by atoms with Gasteiger partial charge in [-0.2, -0.15) is 5.26 Å². The molecule has 0 aliphatic rings. The number of rotatable bonds is 1. The SMILES string of the molecule is CC(C)(C)[C@@](C)(O)CC#N. The molecule has 0 saturated carbocycles. The van der Waals surface area contributed by atoms with Crippen LogP contribution >= 0.6 is 0 Å². The maximum Gasteiger partial charge on any atom is 0.0797 e. The normalized spacial score (nSPS) is 17.6. The van der Waals surface area contributed by atoms with E-state index in [-0.39, 0.29) is 11.8 Å². The molecule has 1 atom stereocenters. The summed E-state index contributed by atoms with van der Waals surface area (Å²) in [6, 6.07) is 1.96. The summed E-state index contributed by atoms with van der Waals surface area (Å²) in [5.41, 5.74) is -1.09. The van der Waals surface area contributed by atoms with Crippen molar-refractivity contribution in [1.82, 2.24) is 0 Å². The van der Waals surface area contributed by atoms with Gasteiger partial charge >= 0.3 is 0 Å². The van der Waals surface area contributed by atoms with Crippen LogP contribution in [-0.4, -0.2) is 10.7 Å². The second-order valence-corrected chi connectivity index (χ2v) is 3.86. The van der Waals surface area contributed by atoms with E-state index in [1.165, 1.54) is 0 Å². The van der Waals surface area contributed by atoms with Gasteiger partial charge in [-0.15, -0.1) is 0 Å². The van der Waals surface area contributed by atoms with Gasteiger partial charge in [0.2, 0.25) is 0 Å². The predicted octanol–water partition coefficient (Wildman–Crippen LogP) is 1.70. The molecule has 0 fully saturated rings. The van der Waals surface area contributed by atoms with E-state index in [4.69, 9.17) is 5.26 Å². The van der Waals surface area contributed by atoms with Gasteiger partial charge in [-0.25, -0.2) is 0 Å². The Balaban J connectivity index is 4.28. The first-order chi connectivity index (χ1) is 4.31. The van der Waals surface area contributed by atoms with Crippen LogP contribution in [0.15, 0.2) is 0 Å². The smallest absolute Gasteiger partial charge is 0.0797 e. The van der Waals surface area contributed by atoms with Crippen molar-refractivity contribution < 1.29 is 5.11 Å². The molecule has 2 heteroatoms. The molecule has 10 heavy (non-hydrogen) atoms. The highest BCUT2D eigenvalue weighted by Crippen LogP contribution is 2.31. The minimum atomic E-state index is -0.873. The maximum absolute atomic E-state index is 9.63. The van der Waals surface area contributed by atoms with Crippen LogP contribution in [0.2, 0.25) is 0 Å². The summed E-state index contributed by atoms with van der Waals surface area (Å²) in [4.78, 5) is 0. The van der Waals surface area contributed by atoms with Crippen molar-refractivity contribution in [3.05, 3.63) is 0 Å². The van der Waals surface area contributed by atoms with E-state index in [0.717, 1.165) is 0 Å². The van der Waals surface area contributed by atoms with E-state index < -0.39 is 5.60 Å². The molecule has 0 unspecified atom stereocenters. The highest BCUT2D eigenvalue weighted by molar-refractivity contribution is 4.93. The molecule has 0 aromatic carbocycles. The van der Waals surface area contributed by atoms with Gasteiger partial charge in [0.25, 0.3) is 0 Å².